The van der Waals surface area contributed by atoms with Crippen molar-refractivity contribution < 1.29 is 9.05 Å². The molecule has 0 N–H and O–H groups in total. The lowest BCUT2D eigenvalue weighted by atomic mass is 10.1. The van der Waals surface area contributed by atoms with E-state index in [0.717, 1.165) is 17.0 Å². The summed E-state index contributed by atoms with van der Waals surface area (Å²) >= 11 is 0. The third-order valence-electron chi connectivity index (χ3n) is 3.52. The van der Waals surface area contributed by atoms with E-state index >= 15 is 0 Å². The first-order valence-corrected chi connectivity index (χ1v) is 7.00. The van der Waals surface area contributed by atoms with E-state index in [4.69, 9.17) is 9.05 Å². The van der Waals surface area contributed by atoms with Crippen LogP contribution < -0.4 is 0 Å². The molecule has 0 saturated heterocycles. The van der Waals surface area contributed by atoms with Crippen molar-refractivity contribution in [2.45, 2.75) is 32.1 Å². The molecule has 1 aliphatic rings. The summed E-state index contributed by atoms with van der Waals surface area (Å²) < 4.78 is 10.3. The van der Waals surface area contributed by atoms with Gasteiger partial charge in [0, 0.05) is 18.4 Å². The smallest absolute Gasteiger partial charge is 0.231 e. The molecule has 0 amide bonds. The maximum atomic E-state index is 5.29. The number of hydrogen-bond donors (Lipinski definition) is 0. The van der Waals surface area contributed by atoms with Crippen molar-refractivity contribution in [3.05, 3.63) is 47.4 Å². The standard InChI is InChI=1S/C15H14N4O2/c1-9-16-14(18-20-9)11-4-2-10(3-5-11)8-13-17-15(19-21-13)12-6-7-12/h2-5,12H,6-8H2,1H3. The molecule has 0 aliphatic heterocycles. The Kier molecular flexibility index (Phi) is 2.80. The molecular formula is C15H14N4O2. The monoisotopic (exact) mass is 282 g/mol. The molecule has 4 rings (SSSR count). The molecule has 3 aromatic rings. The highest BCUT2D eigenvalue weighted by Crippen LogP contribution is 2.38. The van der Waals surface area contributed by atoms with Crippen LogP contribution in [0, 0.1) is 6.92 Å². The number of benzene rings is 1. The molecule has 2 heterocycles. The van der Waals surface area contributed by atoms with Crippen molar-refractivity contribution >= 4 is 0 Å². The zero-order valence-corrected chi connectivity index (χ0v) is 11.6. The summed E-state index contributed by atoms with van der Waals surface area (Å²) in [6.45, 7) is 1.78. The second-order valence-electron chi connectivity index (χ2n) is 5.33. The summed E-state index contributed by atoms with van der Waals surface area (Å²) in [5.74, 6) is 3.20. The van der Waals surface area contributed by atoms with Crippen LogP contribution in [0.4, 0.5) is 0 Å². The van der Waals surface area contributed by atoms with E-state index in [1.54, 1.807) is 6.92 Å². The minimum Gasteiger partial charge on any atom is -0.339 e. The second kappa shape index (κ2) is 4.80. The van der Waals surface area contributed by atoms with E-state index in [2.05, 4.69) is 20.3 Å². The molecule has 1 aliphatic carbocycles. The molecule has 6 heteroatoms. The summed E-state index contributed by atoms with van der Waals surface area (Å²) in [6.07, 6.45) is 3.00. The molecule has 1 fully saturated rings. The number of nitrogens with zero attached hydrogens (tertiary/aromatic N) is 4. The van der Waals surface area contributed by atoms with Crippen molar-refractivity contribution in [1.29, 1.82) is 0 Å². The number of hydrogen-bond acceptors (Lipinski definition) is 6. The first-order valence-electron chi connectivity index (χ1n) is 7.00. The Morgan fingerprint density at radius 2 is 1.86 bits per heavy atom. The fourth-order valence-electron chi connectivity index (χ4n) is 2.21. The fourth-order valence-corrected chi connectivity index (χ4v) is 2.21. The Morgan fingerprint density at radius 3 is 2.52 bits per heavy atom. The van der Waals surface area contributed by atoms with E-state index in [1.807, 2.05) is 24.3 Å². The number of aromatic nitrogens is 4. The Labute approximate surface area is 121 Å². The lowest BCUT2D eigenvalue weighted by molar-refractivity contribution is 0.379. The molecule has 1 saturated carbocycles. The Morgan fingerprint density at radius 1 is 1.05 bits per heavy atom. The topological polar surface area (TPSA) is 77.8 Å². The van der Waals surface area contributed by atoms with Crippen LogP contribution in [0.2, 0.25) is 0 Å². The normalized spacial score (nSPS) is 14.5. The molecule has 1 aromatic carbocycles. The fraction of sp³-hybridized carbons (Fsp3) is 0.333. The maximum Gasteiger partial charge on any atom is 0.231 e. The minimum atomic E-state index is 0.520. The molecular weight excluding hydrogens is 268 g/mol. The van der Waals surface area contributed by atoms with Crippen LogP contribution >= 0.6 is 0 Å². The lowest BCUT2D eigenvalue weighted by Crippen LogP contribution is -1.90. The van der Waals surface area contributed by atoms with Gasteiger partial charge in [0.05, 0.1) is 6.42 Å². The first kappa shape index (κ1) is 12.3. The summed E-state index contributed by atoms with van der Waals surface area (Å²) in [5.41, 5.74) is 2.05. The van der Waals surface area contributed by atoms with Gasteiger partial charge < -0.3 is 9.05 Å². The molecule has 6 nitrogen and oxygen atoms in total. The van der Waals surface area contributed by atoms with E-state index in [9.17, 15) is 0 Å². The van der Waals surface area contributed by atoms with Crippen LogP contribution in [-0.4, -0.2) is 20.3 Å². The minimum absolute atomic E-state index is 0.520. The highest BCUT2D eigenvalue weighted by Gasteiger charge is 2.28. The predicted octanol–water partition coefficient (Wildman–Crippen LogP) is 2.90. The van der Waals surface area contributed by atoms with Crippen molar-refractivity contribution in [3.8, 4) is 11.4 Å². The average Bonchev–Trinajstić information content (AvgIpc) is 3.09. The van der Waals surface area contributed by atoms with Crippen molar-refractivity contribution in [3.63, 3.8) is 0 Å². The van der Waals surface area contributed by atoms with Crippen LogP contribution in [0.5, 0.6) is 0 Å². The van der Waals surface area contributed by atoms with Crippen LogP contribution in [0.25, 0.3) is 11.4 Å². The van der Waals surface area contributed by atoms with Gasteiger partial charge in [0.25, 0.3) is 0 Å². The molecule has 21 heavy (non-hydrogen) atoms. The molecule has 0 atom stereocenters. The van der Waals surface area contributed by atoms with Gasteiger partial charge in [0.2, 0.25) is 17.6 Å². The second-order valence-corrected chi connectivity index (χ2v) is 5.33. The summed E-state index contributed by atoms with van der Waals surface area (Å²) in [7, 11) is 0. The van der Waals surface area contributed by atoms with Crippen molar-refractivity contribution in [1.82, 2.24) is 20.3 Å². The third kappa shape index (κ3) is 2.56. The van der Waals surface area contributed by atoms with E-state index < -0.39 is 0 Å². The SMILES string of the molecule is Cc1nc(-c2ccc(Cc3nc(C4CC4)no3)cc2)no1. The van der Waals surface area contributed by atoms with Gasteiger partial charge in [-0.2, -0.15) is 9.97 Å². The molecule has 2 aromatic heterocycles. The Balaban J connectivity index is 1.50. The average molecular weight is 282 g/mol. The van der Waals surface area contributed by atoms with Gasteiger partial charge in [-0.3, -0.25) is 0 Å². The van der Waals surface area contributed by atoms with Crippen LogP contribution in [-0.2, 0) is 6.42 Å². The highest BCUT2D eigenvalue weighted by molar-refractivity contribution is 5.54. The first-order chi connectivity index (χ1) is 10.3. The van der Waals surface area contributed by atoms with E-state index in [1.165, 1.54) is 12.8 Å². The van der Waals surface area contributed by atoms with E-state index in [-0.39, 0.29) is 0 Å². The van der Waals surface area contributed by atoms with Gasteiger partial charge in [-0.15, -0.1) is 0 Å². The van der Waals surface area contributed by atoms with Gasteiger partial charge in [-0.05, 0) is 18.4 Å². The van der Waals surface area contributed by atoms with Gasteiger partial charge in [0.1, 0.15) is 0 Å². The quantitative estimate of drug-likeness (QED) is 0.732. The maximum absolute atomic E-state index is 5.29. The summed E-state index contributed by atoms with van der Waals surface area (Å²) in [6, 6.07) is 7.97. The molecule has 0 unspecified atom stereocenters. The van der Waals surface area contributed by atoms with Crippen LogP contribution in [0.3, 0.4) is 0 Å². The summed E-state index contributed by atoms with van der Waals surface area (Å²) in [4.78, 5) is 8.64. The zero-order valence-electron chi connectivity index (χ0n) is 11.6. The molecule has 0 bridgehead atoms. The van der Waals surface area contributed by atoms with Gasteiger partial charge in [-0.25, -0.2) is 0 Å². The molecule has 0 radical (unpaired) electrons. The third-order valence-corrected chi connectivity index (χ3v) is 3.52. The van der Waals surface area contributed by atoms with E-state index in [0.29, 0.717) is 29.9 Å². The number of aryl methyl sites for hydroxylation is 1. The lowest BCUT2D eigenvalue weighted by Gasteiger charge is -1.98. The summed E-state index contributed by atoms with van der Waals surface area (Å²) in [5, 5.41) is 7.93. The number of rotatable bonds is 4. The van der Waals surface area contributed by atoms with Crippen LogP contribution in [0.1, 0.15) is 41.9 Å². The van der Waals surface area contributed by atoms with Gasteiger partial charge >= 0.3 is 0 Å². The van der Waals surface area contributed by atoms with Crippen molar-refractivity contribution in [2.75, 3.05) is 0 Å². The molecule has 0 spiro atoms. The highest BCUT2D eigenvalue weighted by atomic mass is 16.5. The Bertz CT molecular complexity index is 756. The van der Waals surface area contributed by atoms with Crippen molar-refractivity contribution in [2.24, 2.45) is 0 Å². The molecule has 106 valence electrons. The largest absolute Gasteiger partial charge is 0.339 e. The van der Waals surface area contributed by atoms with Crippen LogP contribution in [0.15, 0.2) is 33.3 Å². The predicted molar refractivity (Wildman–Crippen MR) is 73.6 cm³/mol. The van der Waals surface area contributed by atoms with Gasteiger partial charge in [0.15, 0.2) is 5.82 Å². The Hall–Kier alpha value is -2.50. The van der Waals surface area contributed by atoms with Gasteiger partial charge in [-0.1, -0.05) is 34.6 Å². The zero-order chi connectivity index (χ0) is 14.2.